The maximum Gasteiger partial charge on any atom is 0.268 e. The number of aliphatic hydroxyl groups excluding tert-OH is 1. The molecule has 134 valence electrons. The summed E-state index contributed by atoms with van der Waals surface area (Å²) in [6.45, 7) is 3.96. The number of hydrogen-bond donors (Lipinski definition) is 1. The normalized spacial score (nSPS) is 17.3. The molecule has 1 heterocycles. The monoisotopic (exact) mass is 381 g/mol. The molecule has 2 aromatic rings. The number of benzene rings is 2. The van der Waals surface area contributed by atoms with E-state index in [1.165, 1.54) is 11.4 Å². The standard InChI is InChI=1S/C18H20ClNO4S/c1-11-8-17(24-3)18(9-12(11)2)25(22,23)20-7-6-16(21)14-10-13(19)4-5-15(14)20/h4-5,8-10,16,21H,6-7H2,1-3H3. The molecule has 25 heavy (non-hydrogen) atoms. The summed E-state index contributed by atoms with van der Waals surface area (Å²) in [6.07, 6.45) is -0.429. The largest absolute Gasteiger partial charge is 0.495 e. The molecular weight excluding hydrogens is 362 g/mol. The molecule has 5 nitrogen and oxygen atoms in total. The Morgan fingerprint density at radius 1 is 1.20 bits per heavy atom. The number of halogens is 1. The van der Waals surface area contributed by atoms with Gasteiger partial charge in [0.05, 0.1) is 18.9 Å². The van der Waals surface area contributed by atoms with E-state index in [9.17, 15) is 13.5 Å². The molecule has 0 spiro atoms. The van der Waals surface area contributed by atoms with Gasteiger partial charge in [-0.25, -0.2) is 8.42 Å². The van der Waals surface area contributed by atoms with Crippen molar-refractivity contribution in [1.29, 1.82) is 0 Å². The van der Waals surface area contributed by atoms with Gasteiger partial charge in [0.2, 0.25) is 0 Å². The molecule has 0 aromatic heterocycles. The average Bonchev–Trinajstić information content (AvgIpc) is 2.57. The SMILES string of the molecule is COc1cc(C)c(C)cc1S(=O)(=O)N1CCC(O)c2cc(Cl)ccc21. The molecule has 1 aliphatic heterocycles. The van der Waals surface area contributed by atoms with Crippen molar-refractivity contribution in [2.24, 2.45) is 0 Å². The number of methoxy groups -OCH3 is 1. The van der Waals surface area contributed by atoms with Crippen molar-refractivity contribution in [2.45, 2.75) is 31.3 Å². The lowest BCUT2D eigenvalue weighted by Crippen LogP contribution is -2.37. The minimum absolute atomic E-state index is 0.121. The first-order valence-corrected chi connectivity index (χ1v) is 9.73. The number of nitrogens with zero attached hydrogens (tertiary/aromatic N) is 1. The molecular formula is C18H20ClNO4S. The van der Waals surface area contributed by atoms with E-state index in [1.807, 2.05) is 13.8 Å². The van der Waals surface area contributed by atoms with E-state index in [4.69, 9.17) is 16.3 Å². The molecule has 1 unspecified atom stereocenters. The van der Waals surface area contributed by atoms with Crippen molar-refractivity contribution >= 4 is 27.3 Å². The number of ether oxygens (including phenoxy) is 1. The fraction of sp³-hybridized carbons (Fsp3) is 0.333. The van der Waals surface area contributed by atoms with E-state index in [2.05, 4.69) is 0 Å². The second-order valence-electron chi connectivity index (χ2n) is 6.17. The molecule has 1 atom stereocenters. The summed E-state index contributed by atoms with van der Waals surface area (Å²) in [5.74, 6) is 0.310. The smallest absolute Gasteiger partial charge is 0.268 e. The maximum atomic E-state index is 13.3. The van der Waals surface area contributed by atoms with Crippen molar-refractivity contribution in [2.75, 3.05) is 18.0 Å². The minimum atomic E-state index is -3.84. The Hall–Kier alpha value is -1.76. The topological polar surface area (TPSA) is 66.8 Å². The van der Waals surface area contributed by atoms with Gasteiger partial charge in [-0.2, -0.15) is 0 Å². The first kappa shape index (κ1) is 18.0. The first-order valence-electron chi connectivity index (χ1n) is 7.91. The zero-order chi connectivity index (χ0) is 18.4. The summed E-state index contributed by atoms with van der Waals surface area (Å²) in [7, 11) is -2.38. The average molecular weight is 382 g/mol. The zero-order valence-electron chi connectivity index (χ0n) is 14.3. The Morgan fingerprint density at radius 2 is 1.88 bits per heavy atom. The Morgan fingerprint density at radius 3 is 2.56 bits per heavy atom. The number of rotatable bonds is 3. The quantitative estimate of drug-likeness (QED) is 0.882. The van der Waals surface area contributed by atoms with Crippen LogP contribution in [0.3, 0.4) is 0 Å². The fourth-order valence-electron chi connectivity index (χ4n) is 3.03. The number of hydrogen-bond acceptors (Lipinski definition) is 4. The molecule has 1 aliphatic rings. The summed E-state index contributed by atoms with van der Waals surface area (Å²) in [6, 6.07) is 8.22. The van der Waals surface area contributed by atoms with Crippen LogP contribution in [0, 0.1) is 13.8 Å². The molecule has 0 saturated heterocycles. The number of sulfonamides is 1. The van der Waals surface area contributed by atoms with E-state index in [0.717, 1.165) is 11.1 Å². The Bertz CT molecular complexity index is 927. The Kier molecular flexibility index (Phi) is 4.70. The third-order valence-electron chi connectivity index (χ3n) is 4.57. The highest BCUT2D eigenvalue weighted by Gasteiger charge is 2.34. The van der Waals surface area contributed by atoms with Gasteiger partial charge in [-0.05, 0) is 61.7 Å². The Balaban J connectivity index is 2.17. The molecule has 0 amide bonds. The highest BCUT2D eigenvalue weighted by molar-refractivity contribution is 7.93. The van der Waals surface area contributed by atoms with E-state index >= 15 is 0 Å². The minimum Gasteiger partial charge on any atom is -0.495 e. The lowest BCUT2D eigenvalue weighted by Gasteiger charge is -2.33. The van der Waals surface area contributed by atoms with E-state index in [1.54, 1.807) is 30.3 Å². The molecule has 0 fully saturated rings. The molecule has 0 saturated carbocycles. The van der Waals surface area contributed by atoms with Crippen molar-refractivity contribution in [3.05, 3.63) is 52.0 Å². The van der Waals surface area contributed by atoms with Gasteiger partial charge in [0.25, 0.3) is 10.0 Å². The molecule has 2 aromatic carbocycles. The first-order chi connectivity index (χ1) is 11.8. The van der Waals surface area contributed by atoms with Gasteiger partial charge in [0, 0.05) is 17.1 Å². The second kappa shape index (κ2) is 6.52. The van der Waals surface area contributed by atoms with Gasteiger partial charge >= 0.3 is 0 Å². The number of aliphatic hydroxyl groups is 1. The van der Waals surface area contributed by atoms with Crippen LogP contribution in [0.4, 0.5) is 5.69 Å². The highest BCUT2D eigenvalue weighted by atomic mass is 35.5. The molecule has 3 rings (SSSR count). The van der Waals surface area contributed by atoms with Gasteiger partial charge < -0.3 is 9.84 Å². The lowest BCUT2D eigenvalue weighted by molar-refractivity contribution is 0.166. The van der Waals surface area contributed by atoms with Gasteiger partial charge in [-0.15, -0.1) is 0 Å². The van der Waals surface area contributed by atoms with Crippen LogP contribution in [0.1, 0.15) is 29.2 Å². The third-order valence-corrected chi connectivity index (χ3v) is 6.64. The second-order valence-corrected chi connectivity index (χ2v) is 8.44. The van der Waals surface area contributed by atoms with Gasteiger partial charge in [-0.3, -0.25) is 4.31 Å². The zero-order valence-corrected chi connectivity index (χ0v) is 15.9. The summed E-state index contributed by atoms with van der Waals surface area (Å²) < 4.78 is 33.3. The molecule has 0 radical (unpaired) electrons. The van der Waals surface area contributed by atoms with E-state index in [0.29, 0.717) is 28.4 Å². The highest BCUT2D eigenvalue weighted by Crippen LogP contribution is 2.40. The maximum absolute atomic E-state index is 13.3. The van der Waals surface area contributed by atoms with Crippen LogP contribution >= 0.6 is 11.6 Å². The van der Waals surface area contributed by atoms with Crippen molar-refractivity contribution in [1.82, 2.24) is 0 Å². The number of anilines is 1. The number of aryl methyl sites for hydroxylation is 2. The predicted molar refractivity (Wildman–Crippen MR) is 98.0 cm³/mol. The molecule has 0 bridgehead atoms. The Labute approximate surface area is 152 Å². The summed E-state index contributed by atoms with van der Waals surface area (Å²) in [5.41, 5.74) is 2.79. The summed E-state index contributed by atoms with van der Waals surface area (Å²) in [4.78, 5) is 0.121. The predicted octanol–water partition coefficient (Wildman–Crippen LogP) is 3.60. The van der Waals surface area contributed by atoms with Crippen LogP contribution in [0.15, 0.2) is 35.2 Å². The molecule has 7 heteroatoms. The van der Waals surface area contributed by atoms with E-state index < -0.39 is 16.1 Å². The number of fused-ring (bicyclic) bond motifs is 1. The van der Waals surface area contributed by atoms with Crippen molar-refractivity contribution in [3.8, 4) is 5.75 Å². The fourth-order valence-corrected chi connectivity index (χ4v) is 4.94. The van der Waals surface area contributed by atoms with Crippen LogP contribution in [0.2, 0.25) is 5.02 Å². The lowest BCUT2D eigenvalue weighted by atomic mass is 10.0. The van der Waals surface area contributed by atoms with Crippen molar-refractivity contribution in [3.63, 3.8) is 0 Å². The molecule has 0 aliphatic carbocycles. The van der Waals surface area contributed by atoms with Crippen LogP contribution in [-0.4, -0.2) is 27.2 Å². The van der Waals surface area contributed by atoms with Crippen LogP contribution < -0.4 is 9.04 Å². The third kappa shape index (κ3) is 3.10. The summed E-state index contributed by atoms with van der Waals surface area (Å²) >= 11 is 6.01. The van der Waals surface area contributed by atoms with Crippen LogP contribution in [0.25, 0.3) is 0 Å². The van der Waals surface area contributed by atoms with Gasteiger partial charge in [0.15, 0.2) is 0 Å². The molecule has 1 N–H and O–H groups in total. The van der Waals surface area contributed by atoms with Gasteiger partial charge in [0.1, 0.15) is 10.6 Å². The van der Waals surface area contributed by atoms with Gasteiger partial charge in [-0.1, -0.05) is 11.6 Å². The van der Waals surface area contributed by atoms with Crippen molar-refractivity contribution < 1.29 is 18.3 Å². The van der Waals surface area contributed by atoms with Crippen LogP contribution in [-0.2, 0) is 10.0 Å². The van der Waals surface area contributed by atoms with Crippen LogP contribution in [0.5, 0.6) is 5.75 Å². The van der Waals surface area contributed by atoms with E-state index in [-0.39, 0.29) is 11.4 Å². The summed E-state index contributed by atoms with van der Waals surface area (Å²) in [5, 5.41) is 10.7.